The number of nitrogens with one attached hydrogen (secondary N) is 1. The van der Waals surface area contributed by atoms with E-state index in [0.717, 1.165) is 0 Å². The Hall–Kier alpha value is -4.05. The number of carbonyl (C=O) groups excluding carboxylic acids is 2. The minimum Gasteiger partial charge on any atom is -0.467 e. The average molecular weight is 465 g/mol. The highest BCUT2D eigenvalue weighted by molar-refractivity contribution is 5.89. The van der Waals surface area contributed by atoms with Gasteiger partial charge in [0, 0.05) is 19.2 Å². The average Bonchev–Trinajstić information content (AvgIpc) is 3.50. The van der Waals surface area contributed by atoms with Gasteiger partial charge in [0.1, 0.15) is 29.7 Å². The standard InChI is InChI=1S/C24H24FN5O4/c1-33-14-12-26-24(32)23(18-8-2-3-9-19(18)25)29(15-17-7-6-13-34-17)22(31)16-30-21-11-5-4-10-20(21)27-28-30/h2-11,13,23H,12,14-16H2,1H3,(H,26,32)/t23-/m0/s1. The third-order valence-electron chi connectivity index (χ3n) is 5.30. The van der Waals surface area contributed by atoms with Crippen molar-refractivity contribution < 1.29 is 23.1 Å². The Morgan fingerprint density at radius 3 is 2.71 bits per heavy atom. The van der Waals surface area contributed by atoms with Crippen LogP contribution in [0.2, 0.25) is 0 Å². The van der Waals surface area contributed by atoms with E-state index < -0.39 is 23.7 Å². The summed E-state index contributed by atoms with van der Waals surface area (Å²) in [4.78, 5) is 28.2. The molecule has 2 aromatic carbocycles. The van der Waals surface area contributed by atoms with Crippen LogP contribution in [-0.2, 0) is 27.4 Å². The molecule has 10 heteroatoms. The van der Waals surface area contributed by atoms with Crippen LogP contribution in [0.4, 0.5) is 4.39 Å². The summed E-state index contributed by atoms with van der Waals surface area (Å²) in [5.74, 6) is -1.15. The van der Waals surface area contributed by atoms with E-state index >= 15 is 0 Å². The molecule has 0 aliphatic carbocycles. The van der Waals surface area contributed by atoms with Gasteiger partial charge in [-0.05, 0) is 30.3 Å². The fourth-order valence-corrected chi connectivity index (χ4v) is 3.67. The van der Waals surface area contributed by atoms with E-state index in [-0.39, 0.29) is 31.8 Å². The normalized spacial score (nSPS) is 11.9. The predicted molar refractivity (Wildman–Crippen MR) is 121 cm³/mol. The first-order valence-corrected chi connectivity index (χ1v) is 10.7. The molecule has 34 heavy (non-hydrogen) atoms. The van der Waals surface area contributed by atoms with Crippen molar-refractivity contribution >= 4 is 22.8 Å². The molecule has 0 saturated carbocycles. The maximum atomic E-state index is 14.9. The zero-order chi connectivity index (χ0) is 23.9. The number of carbonyl (C=O) groups is 2. The predicted octanol–water partition coefficient (Wildman–Crippen LogP) is 2.70. The first kappa shape index (κ1) is 23.1. The smallest absolute Gasteiger partial charge is 0.247 e. The van der Waals surface area contributed by atoms with Crippen molar-refractivity contribution in [2.24, 2.45) is 0 Å². The van der Waals surface area contributed by atoms with Crippen molar-refractivity contribution in [1.29, 1.82) is 0 Å². The maximum Gasteiger partial charge on any atom is 0.247 e. The van der Waals surface area contributed by atoms with Crippen LogP contribution in [0.1, 0.15) is 17.4 Å². The molecule has 2 amide bonds. The number of furan rings is 1. The highest BCUT2D eigenvalue weighted by Gasteiger charge is 2.34. The van der Waals surface area contributed by atoms with Crippen molar-refractivity contribution in [1.82, 2.24) is 25.2 Å². The van der Waals surface area contributed by atoms with Crippen LogP contribution in [0.5, 0.6) is 0 Å². The van der Waals surface area contributed by atoms with Crippen LogP contribution in [0.15, 0.2) is 71.3 Å². The van der Waals surface area contributed by atoms with E-state index in [1.54, 1.807) is 30.3 Å². The molecule has 0 bridgehead atoms. The first-order chi connectivity index (χ1) is 16.6. The minimum absolute atomic E-state index is 0.0465. The molecule has 0 saturated heterocycles. The van der Waals surface area contributed by atoms with E-state index in [9.17, 15) is 14.0 Å². The Morgan fingerprint density at radius 1 is 1.15 bits per heavy atom. The number of halogens is 1. The molecule has 0 aliphatic rings. The summed E-state index contributed by atoms with van der Waals surface area (Å²) in [6.07, 6.45) is 1.47. The van der Waals surface area contributed by atoms with Gasteiger partial charge in [-0.2, -0.15) is 0 Å². The highest BCUT2D eigenvalue weighted by atomic mass is 19.1. The quantitative estimate of drug-likeness (QED) is 0.361. The van der Waals surface area contributed by atoms with E-state index in [0.29, 0.717) is 16.8 Å². The fraction of sp³-hybridized carbons (Fsp3) is 0.250. The van der Waals surface area contributed by atoms with Gasteiger partial charge < -0.3 is 19.4 Å². The van der Waals surface area contributed by atoms with Gasteiger partial charge in [0.2, 0.25) is 11.8 Å². The Balaban J connectivity index is 1.71. The van der Waals surface area contributed by atoms with Gasteiger partial charge in [-0.1, -0.05) is 35.5 Å². The molecule has 4 aromatic rings. The summed E-state index contributed by atoms with van der Waals surface area (Å²) in [7, 11) is 1.51. The summed E-state index contributed by atoms with van der Waals surface area (Å²) in [6, 6.07) is 15.2. The monoisotopic (exact) mass is 465 g/mol. The number of rotatable bonds is 10. The van der Waals surface area contributed by atoms with Crippen molar-refractivity contribution in [3.8, 4) is 0 Å². The van der Waals surface area contributed by atoms with Crippen LogP contribution in [0.25, 0.3) is 11.0 Å². The fourth-order valence-electron chi connectivity index (χ4n) is 3.67. The van der Waals surface area contributed by atoms with Crippen LogP contribution < -0.4 is 5.32 Å². The van der Waals surface area contributed by atoms with Gasteiger partial charge >= 0.3 is 0 Å². The third kappa shape index (κ3) is 5.12. The zero-order valence-electron chi connectivity index (χ0n) is 18.6. The number of hydrogen-bond donors (Lipinski definition) is 1. The molecule has 0 fully saturated rings. The molecule has 0 aliphatic heterocycles. The van der Waals surface area contributed by atoms with Gasteiger partial charge in [0.25, 0.3) is 0 Å². The lowest BCUT2D eigenvalue weighted by Crippen LogP contribution is -2.45. The lowest BCUT2D eigenvalue weighted by molar-refractivity contribution is -0.142. The van der Waals surface area contributed by atoms with E-state index in [2.05, 4.69) is 15.6 Å². The third-order valence-corrected chi connectivity index (χ3v) is 5.30. The Bertz CT molecular complexity index is 1260. The molecule has 4 rings (SSSR count). The van der Waals surface area contributed by atoms with Crippen molar-refractivity contribution in [3.63, 3.8) is 0 Å². The molecule has 0 spiro atoms. The Labute approximate surface area is 195 Å². The molecule has 176 valence electrons. The number of fused-ring (bicyclic) bond motifs is 1. The van der Waals surface area contributed by atoms with Gasteiger partial charge in [-0.25, -0.2) is 9.07 Å². The number of amides is 2. The number of methoxy groups -OCH3 is 1. The van der Waals surface area contributed by atoms with Gasteiger partial charge in [-0.3, -0.25) is 9.59 Å². The summed E-state index contributed by atoms with van der Waals surface area (Å²) in [5.41, 5.74) is 1.37. The second-order valence-electron chi connectivity index (χ2n) is 7.54. The summed E-state index contributed by atoms with van der Waals surface area (Å²) in [5, 5.41) is 10.9. The lowest BCUT2D eigenvalue weighted by atomic mass is 10.0. The number of benzene rings is 2. The molecular weight excluding hydrogens is 441 g/mol. The van der Waals surface area contributed by atoms with E-state index in [4.69, 9.17) is 9.15 Å². The number of aromatic nitrogens is 3. The molecule has 1 N–H and O–H groups in total. The zero-order valence-corrected chi connectivity index (χ0v) is 18.6. The molecular formula is C24H24FN5O4. The molecule has 1 atom stereocenters. The number of para-hydroxylation sites is 1. The summed E-state index contributed by atoms with van der Waals surface area (Å²) < 4.78 is 26.8. The highest BCUT2D eigenvalue weighted by Crippen LogP contribution is 2.27. The van der Waals surface area contributed by atoms with Crippen LogP contribution >= 0.6 is 0 Å². The summed E-state index contributed by atoms with van der Waals surface area (Å²) in [6.45, 7) is 0.232. The number of ether oxygens (including phenoxy) is 1. The number of hydrogen-bond acceptors (Lipinski definition) is 6. The van der Waals surface area contributed by atoms with Gasteiger partial charge in [-0.15, -0.1) is 5.10 Å². The minimum atomic E-state index is -1.24. The molecule has 0 unspecified atom stereocenters. The largest absolute Gasteiger partial charge is 0.467 e. The lowest BCUT2D eigenvalue weighted by Gasteiger charge is -2.31. The molecule has 2 aromatic heterocycles. The molecule has 9 nitrogen and oxygen atoms in total. The second-order valence-corrected chi connectivity index (χ2v) is 7.54. The van der Waals surface area contributed by atoms with Crippen LogP contribution in [0.3, 0.4) is 0 Å². The SMILES string of the molecule is COCCNC(=O)[C@H](c1ccccc1F)N(Cc1ccco1)C(=O)Cn1nnc2ccccc21. The second kappa shape index (κ2) is 10.7. The molecule has 0 radical (unpaired) electrons. The maximum absolute atomic E-state index is 14.9. The number of nitrogens with zero attached hydrogens (tertiary/aromatic N) is 4. The van der Waals surface area contributed by atoms with Crippen LogP contribution in [-0.4, -0.2) is 52.0 Å². The molecule has 2 heterocycles. The topological polar surface area (TPSA) is 102 Å². The Morgan fingerprint density at radius 2 is 1.94 bits per heavy atom. The van der Waals surface area contributed by atoms with E-state index in [1.165, 1.54) is 41.2 Å². The van der Waals surface area contributed by atoms with Crippen molar-refractivity contribution in [2.45, 2.75) is 19.1 Å². The van der Waals surface area contributed by atoms with Crippen molar-refractivity contribution in [2.75, 3.05) is 20.3 Å². The van der Waals surface area contributed by atoms with Gasteiger partial charge in [0.05, 0.1) is 24.9 Å². The first-order valence-electron chi connectivity index (χ1n) is 10.7. The Kier molecular flexibility index (Phi) is 7.28. The summed E-state index contributed by atoms with van der Waals surface area (Å²) >= 11 is 0. The van der Waals surface area contributed by atoms with Gasteiger partial charge in [0.15, 0.2) is 0 Å². The van der Waals surface area contributed by atoms with Crippen molar-refractivity contribution in [3.05, 3.63) is 84.1 Å². The van der Waals surface area contributed by atoms with Crippen LogP contribution in [0, 0.1) is 5.82 Å². The van der Waals surface area contributed by atoms with E-state index in [1.807, 2.05) is 12.1 Å².